The number of aldehydes is 1. The van der Waals surface area contributed by atoms with Gasteiger partial charge in [0, 0.05) is 17.8 Å². The molecule has 0 unspecified atom stereocenters. The maximum absolute atomic E-state index is 13.0. The van der Waals surface area contributed by atoms with Crippen molar-refractivity contribution in [2.24, 2.45) is 11.7 Å². The molecule has 34 heavy (non-hydrogen) atoms. The van der Waals surface area contributed by atoms with Crippen molar-refractivity contribution in [1.29, 1.82) is 0 Å². The van der Waals surface area contributed by atoms with Crippen LogP contribution < -0.4 is 27.0 Å². The van der Waals surface area contributed by atoms with Crippen LogP contribution in [0, 0.1) is 5.92 Å². The molecular formula is C23H35N5O6. The highest BCUT2D eigenvalue weighted by molar-refractivity contribution is 5.98. The Bertz CT molecular complexity index is 864. The summed E-state index contributed by atoms with van der Waals surface area (Å²) < 4.78 is 5.23. The molecule has 1 rings (SSSR count). The molecule has 0 aliphatic carbocycles. The Morgan fingerprint density at radius 1 is 1.03 bits per heavy atom. The molecule has 0 spiro atoms. The maximum Gasteiger partial charge on any atom is 0.408 e. The number of benzene rings is 1. The highest BCUT2D eigenvalue weighted by Gasteiger charge is 2.30. The van der Waals surface area contributed by atoms with Gasteiger partial charge < -0.3 is 31.7 Å². The molecule has 11 nitrogen and oxygen atoms in total. The van der Waals surface area contributed by atoms with Crippen molar-refractivity contribution in [2.45, 2.75) is 65.1 Å². The molecule has 0 fully saturated rings. The lowest BCUT2D eigenvalue weighted by Crippen LogP contribution is -2.55. The lowest BCUT2D eigenvalue weighted by Gasteiger charge is -2.27. The van der Waals surface area contributed by atoms with E-state index in [1.165, 1.54) is 0 Å². The van der Waals surface area contributed by atoms with Crippen LogP contribution in [0.4, 0.5) is 15.3 Å². The molecule has 0 aliphatic rings. The average Bonchev–Trinajstić information content (AvgIpc) is 2.72. The molecule has 0 saturated carbocycles. The number of amides is 5. The van der Waals surface area contributed by atoms with Crippen LogP contribution in [0.5, 0.6) is 0 Å². The average molecular weight is 478 g/mol. The second kappa shape index (κ2) is 13.2. The molecule has 0 heterocycles. The standard InChI is InChI=1S/C23H35N5O6/c1-14(2)18(28-22(33)34-23(3,4)5)20(31)27-17(7-6-12-25-21(24)32)19(30)26-16-10-8-15(13-29)9-11-16/h8-11,13-14,17-18H,6-7,12H2,1-5H3,(H,26,30)(H,27,31)(H,28,33)(H3,24,25,32)/t17-,18-/m0/s1. The van der Waals surface area contributed by atoms with Crippen molar-refractivity contribution in [1.82, 2.24) is 16.0 Å². The zero-order chi connectivity index (χ0) is 25.9. The van der Waals surface area contributed by atoms with E-state index in [9.17, 15) is 24.0 Å². The second-order valence-electron chi connectivity index (χ2n) is 9.09. The number of rotatable bonds is 11. The van der Waals surface area contributed by atoms with E-state index in [1.54, 1.807) is 58.9 Å². The van der Waals surface area contributed by atoms with Gasteiger partial charge in [0.05, 0.1) is 0 Å². The molecule has 188 valence electrons. The Labute approximate surface area is 199 Å². The fourth-order valence-electron chi connectivity index (χ4n) is 2.89. The maximum atomic E-state index is 13.0. The van der Waals surface area contributed by atoms with Crippen LogP contribution in [0.1, 0.15) is 57.8 Å². The van der Waals surface area contributed by atoms with E-state index in [0.29, 0.717) is 24.0 Å². The summed E-state index contributed by atoms with van der Waals surface area (Å²) in [6, 6.07) is 3.63. The van der Waals surface area contributed by atoms with E-state index >= 15 is 0 Å². The highest BCUT2D eigenvalue weighted by Crippen LogP contribution is 2.12. The number of anilines is 1. The fourth-order valence-corrected chi connectivity index (χ4v) is 2.89. The van der Waals surface area contributed by atoms with Crippen LogP contribution in [0.3, 0.4) is 0 Å². The van der Waals surface area contributed by atoms with Gasteiger partial charge in [0.2, 0.25) is 11.8 Å². The fraction of sp³-hybridized carbons (Fsp3) is 0.522. The second-order valence-corrected chi connectivity index (χ2v) is 9.09. The van der Waals surface area contributed by atoms with Crippen LogP contribution >= 0.6 is 0 Å². The molecule has 0 aliphatic heterocycles. The molecule has 1 aromatic rings. The van der Waals surface area contributed by atoms with Gasteiger partial charge in [0.15, 0.2) is 0 Å². The first-order valence-corrected chi connectivity index (χ1v) is 11.0. The number of primary amides is 1. The smallest absolute Gasteiger partial charge is 0.408 e. The third-order valence-electron chi connectivity index (χ3n) is 4.54. The highest BCUT2D eigenvalue weighted by atomic mass is 16.6. The predicted octanol–water partition coefficient (Wildman–Crippen LogP) is 1.92. The van der Waals surface area contributed by atoms with Gasteiger partial charge in [-0.3, -0.25) is 14.4 Å². The molecule has 0 bridgehead atoms. The molecular weight excluding hydrogens is 442 g/mol. The minimum Gasteiger partial charge on any atom is -0.444 e. The summed E-state index contributed by atoms with van der Waals surface area (Å²) in [6.45, 7) is 8.84. The summed E-state index contributed by atoms with van der Waals surface area (Å²) in [6.07, 6.45) is 0.492. The van der Waals surface area contributed by atoms with Crippen LogP contribution in [0.2, 0.25) is 0 Å². The first kappa shape index (κ1) is 28.4. The number of nitrogens with one attached hydrogen (secondary N) is 4. The van der Waals surface area contributed by atoms with Gasteiger partial charge in [0.1, 0.15) is 24.0 Å². The van der Waals surface area contributed by atoms with E-state index in [0.717, 1.165) is 0 Å². The zero-order valence-corrected chi connectivity index (χ0v) is 20.3. The number of carbonyl (C=O) groups excluding carboxylic acids is 5. The van der Waals surface area contributed by atoms with Crippen molar-refractivity contribution in [3.05, 3.63) is 29.8 Å². The van der Waals surface area contributed by atoms with Gasteiger partial charge in [-0.1, -0.05) is 13.8 Å². The van der Waals surface area contributed by atoms with Crippen molar-refractivity contribution >= 4 is 35.9 Å². The number of ether oxygens (including phenoxy) is 1. The first-order chi connectivity index (χ1) is 15.8. The minimum atomic E-state index is -0.963. The monoisotopic (exact) mass is 477 g/mol. The number of nitrogens with two attached hydrogens (primary N) is 1. The third-order valence-corrected chi connectivity index (χ3v) is 4.54. The molecule has 5 amide bonds. The van der Waals surface area contributed by atoms with E-state index in [-0.39, 0.29) is 18.9 Å². The Hall–Kier alpha value is -3.63. The lowest BCUT2D eigenvalue weighted by molar-refractivity contribution is -0.128. The van der Waals surface area contributed by atoms with Gasteiger partial charge >= 0.3 is 12.1 Å². The largest absolute Gasteiger partial charge is 0.444 e. The van der Waals surface area contributed by atoms with Crippen LogP contribution in [-0.2, 0) is 14.3 Å². The predicted molar refractivity (Wildman–Crippen MR) is 127 cm³/mol. The Morgan fingerprint density at radius 2 is 1.65 bits per heavy atom. The van der Waals surface area contributed by atoms with Gasteiger partial charge in [-0.05, 0) is 63.8 Å². The summed E-state index contributed by atoms with van der Waals surface area (Å²) in [4.78, 5) is 59.8. The molecule has 0 saturated heterocycles. The third kappa shape index (κ3) is 10.8. The van der Waals surface area contributed by atoms with Crippen molar-refractivity contribution in [3.63, 3.8) is 0 Å². The number of hydrogen-bond acceptors (Lipinski definition) is 6. The number of alkyl carbamates (subject to hydrolysis) is 1. The van der Waals surface area contributed by atoms with Gasteiger partial charge in [-0.15, -0.1) is 0 Å². The summed E-state index contributed by atoms with van der Waals surface area (Å²) in [5, 5.41) is 10.4. The van der Waals surface area contributed by atoms with Crippen LogP contribution in [0.25, 0.3) is 0 Å². The lowest BCUT2D eigenvalue weighted by atomic mass is 10.0. The summed E-state index contributed by atoms with van der Waals surface area (Å²) in [5.74, 6) is -1.34. The summed E-state index contributed by atoms with van der Waals surface area (Å²) in [7, 11) is 0. The quantitative estimate of drug-likeness (QED) is 0.241. The van der Waals surface area contributed by atoms with Crippen molar-refractivity contribution in [3.8, 4) is 0 Å². The number of urea groups is 1. The van der Waals surface area contributed by atoms with Crippen molar-refractivity contribution in [2.75, 3.05) is 11.9 Å². The Balaban J connectivity index is 2.93. The molecule has 11 heteroatoms. The van der Waals surface area contributed by atoms with Gasteiger partial charge in [-0.2, -0.15) is 0 Å². The van der Waals surface area contributed by atoms with Crippen molar-refractivity contribution < 1.29 is 28.7 Å². The van der Waals surface area contributed by atoms with E-state index in [2.05, 4.69) is 21.3 Å². The summed E-state index contributed by atoms with van der Waals surface area (Å²) in [5.41, 5.74) is 5.22. The molecule has 6 N–H and O–H groups in total. The Kier molecular flexibility index (Phi) is 11.0. The number of hydrogen-bond donors (Lipinski definition) is 5. The van der Waals surface area contributed by atoms with E-state index in [1.807, 2.05) is 0 Å². The normalized spacial score (nSPS) is 12.8. The van der Waals surface area contributed by atoms with Gasteiger partial charge in [0.25, 0.3) is 0 Å². The molecule has 0 aromatic heterocycles. The Morgan fingerprint density at radius 3 is 2.15 bits per heavy atom. The van der Waals surface area contributed by atoms with E-state index in [4.69, 9.17) is 10.5 Å². The summed E-state index contributed by atoms with van der Waals surface area (Å²) >= 11 is 0. The van der Waals surface area contributed by atoms with Gasteiger partial charge in [-0.25, -0.2) is 9.59 Å². The first-order valence-electron chi connectivity index (χ1n) is 11.0. The SMILES string of the molecule is CC(C)[C@H](NC(=O)OC(C)(C)C)C(=O)N[C@@H](CCCNC(N)=O)C(=O)Nc1ccc(C=O)cc1. The number of carbonyl (C=O) groups is 5. The molecule has 2 atom stereocenters. The molecule has 1 aromatic carbocycles. The van der Waals surface area contributed by atoms with Crippen LogP contribution in [-0.4, -0.2) is 54.5 Å². The molecule has 0 radical (unpaired) electrons. The van der Waals surface area contributed by atoms with E-state index < -0.39 is 41.6 Å². The van der Waals surface area contributed by atoms with Crippen LogP contribution in [0.15, 0.2) is 24.3 Å². The zero-order valence-electron chi connectivity index (χ0n) is 20.3. The minimum absolute atomic E-state index is 0.196. The topological polar surface area (TPSA) is 169 Å².